The maximum atomic E-state index is 12.9. The molecule has 1 amide bonds. The zero-order chi connectivity index (χ0) is 19.8. The molecular weight excluding hydrogens is 391 g/mol. The van der Waals surface area contributed by atoms with Gasteiger partial charge in [0.05, 0.1) is 10.6 Å². The molecule has 3 rings (SSSR count). The Bertz CT molecular complexity index is 1120. The van der Waals surface area contributed by atoms with Crippen LogP contribution >= 0.6 is 11.6 Å². The van der Waals surface area contributed by atoms with Gasteiger partial charge in [-0.3, -0.25) is 4.79 Å². The highest BCUT2D eigenvalue weighted by atomic mass is 35.5. The topological polar surface area (TPSA) is 68.2 Å². The summed E-state index contributed by atoms with van der Waals surface area (Å²) in [7, 11) is -1.84. The van der Waals surface area contributed by atoms with Crippen LogP contribution in [-0.4, -0.2) is 31.2 Å². The third-order valence-corrected chi connectivity index (χ3v) is 6.43. The van der Waals surface area contributed by atoms with Crippen molar-refractivity contribution in [2.75, 3.05) is 12.3 Å². The van der Waals surface area contributed by atoms with Gasteiger partial charge in [0.2, 0.25) is 0 Å². The molecule has 1 N–H and O–H groups in total. The second kappa shape index (κ2) is 7.32. The number of sulfone groups is 1. The van der Waals surface area contributed by atoms with Crippen molar-refractivity contribution in [2.45, 2.75) is 11.8 Å². The van der Waals surface area contributed by atoms with Crippen LogP contribution in [0.5, 0.6) is 0 Å². The van der Waals surface area contributed by atoms with Gasteiger partial charge >= 0.3 is 0 Å². The fourth-order valence-corrected chi connectivity index (χ4v) is 4.40. The van der Waals surface area contributed by atoms with Crippen LogP contribution in [0.2, 0.25) is 5.02 Å². The van der Waals surface area contributed by atoms with Crippen LogP contribution in [-0.2, 0) is 16.9 Å². The van der Waals surface area contributed by atoms with Gasteiger partial charge in [0.1, 0.15) is 11.5 Å². The predicted octanol–water partition coefficient (Wildman–Crippen LogP) is 3.48. The first-order chi connectivity index (χ1) is 12.7. The first kappa shape index (κ1) is 19.4. The monoisotopic (exact) mass is 408 g/mol. The lowest BCUT2D eigenvalue weighted by Crippen LogP contribution is -2.30. The second-order valence-electron chi connectivity index (χ2n) is 6.22. The van der Waals surface area contributed by atoms with Gasteiger partial charge < -0.3 is 9.88 Å². The Balaban J connectivity index is 1.75. The summed E-state index contributed by atoms with van der Waals surface area (Å²) in [6.45, 7) is 1.77. The number of aromatic nitrogens is 1. The van der Waals surface area contributed by atoms with Gasteiger partial charge in [0, 0.05) is 29.5 Å². The van der Waals surface area contributed by atoms with Crippen molar-refractivity contribution in [3.63, 3.8) is 0 Å². The number of rotatable bonds is 5. The summed E-state index contributed by atoms with van der Waals surface area (Å²) in [5.41, 5.74) is 2.08. The predicted molar refractivity (Wildman–Crippen MR) is 103 cm³/mol. The normalized spacial score (nSPS) is 11.7. The number of carbonyl (C=O) groups excluding carboxylic acids is 1. The number of aryl methyl sites for hydroxylation is 2. The van der Waals surface area contributed by atoms with Crippen molar-refractivity contribution in [3.05, 3.63) is 64.6 Å². The molecule has 0 radical (unpaired) electrons. The van der Waals surface area contributed by atoms with Crippen LogP contribution in [0.15, 0.2) is 47.4 Å². The summed E-state index contributed by atoms with van der Waals surface area (Å²) in [5, 5.41) is 4.09. The van der Waals surface area contributed by atoms with E-state index in [0.717, 1.165) is 28.6 Å². The van der Waals surface area contributed by atoms with Gasteiger partial charge in [-0.1, -0.05) is 11.6 Å². The fourth-order valence-electron chi connectivity index (χ4n) is 3.07. The molecule has 2 aromatic carbocycles. The minimum absolute atomic E-state index is 0.0218. The van der Waals surface area contributed by atoms with Crippen molar-refractivity contribution in [2.24, 2.45) is 7.05 Å². The molecule has 142 valence electrons. The molecule has 3 aromatic rings. The molecule has 0 saturated heterocycles. The summed E-state index contributed by atoms with van der Waals surface area (Å²) >= 11 is 6.03. The molecular formula is C19H18ClFN2O3S. The summed E-state index contributed by atoms with van der Waals surface area (Å²) < 4.78 is 39.3. The molecule has 8 heteroatoms. The Kier molecular flexibility index (Phi) is 5.26. The third kappa shape index (κ3) is 3.84. The van der Waals surface area contributed by atoms with Crippen molar-refractivity contribution in [1.29, 1.82) is 0 Å². The maximum Gasteiger partial charge on any atom is 0.268 e. The molecule has 0 atom stereocenters. The lowest BCUT2D eigenvalue weighted by Gasteiger charge is -2.09. The van der Waals surface area contributed by atoms with Crippen molar-refractivity contribution >= 4 is 38.2 Å². The molecule has 0 saturated carbocycles. The number of carbonyl (C=O) groups is 1. The first-order valence-electron chi connectivity index (χ1n) is 8.22. The quantitative estimate of drug-likeness (QED) is 0.657. The van der Waals surface area contributed by atoms with E-state index in [1.165, 1.54) is 12.1 Å². The molecule has 0 aliphatic carbocycles. The average molecular weight is 409 g/mol. The SMILES string of the molecule is Cc1c(C(=O)NCCS(=O)(=O)c2ccc(F)cc2)n(C)c2ccc(Cl)cc12. The standard InChI is InChI=1S/C19H18ClFN2O3S/c1-12-16-11-13(20)3-8-17(16)23(2)18(12)19(24)22-9-10-27(25,26)15-6-4-14(21)5-7-15/h3-8,11H,9-10H2,1-2H3,(H,22,24). The molecule has 5 nitrogen and oxygen atoms in total. The number of amides is 1. The molecule has 1 heterocycles. The Labute approximate surface area is 161 Å². The van der Waals surface area contributed by atoms with E-state index in [0.29, 0.717) is 10.7 Å². The average Bonchev–Trinajstić information content (AvgIpc) is 2.85. The van der Waals surface area contributed by atoms with E-state index in [1.807, 2.05) is 13.0 Å². The van der Waals surface area contributed by atoms with Crippen molar-refractivity contribution in [3.8, 4) is 0 Å². The minimum Gasteiger partial charge on any atom is -0.350 e. The van der Waals surface area contributed by atoms with Crippen LogP contribution < -0.4 is 5.32 Å². The van der Waals surface area contributed by atoms with E-state index in [2.05, 4.69) is 5.32 Å². The van der Waals surface area contributed by atoms with Gasteiger partial charge in [-0.05, 0) is 55.0 Å². The third-order valence-electron chi connectivity index (χ3n) is 4.46. The number of benzene rings is 2. The summed E-state index contributed by atoms with van der Waals surface area (Å²) in [4.78, 5) is 12.6. The molecule has 1 aromatic heterocycles. The molecule has 0 fully saturated rings. The van der Waals surface area contributed by atoms with Crippen LogP contribution in [0.1, 0.15) is 16.1 Å². The zero-order valence-corrected chi connectivity index (χ0v) is 16.4. The number of halogens is 2. The molecule has 0 aliphatic rings. The number of nitrogens with zero attached hydrogens (tertiary/aromatic N) is 1. The van der Waals surface area contributed by atoms with Crippen LogP contribution in [0, 0.1) is 12.7 Å². The highest BCUT2D eigenvalue weighted by Gasteiger charge is 2.20. The number of hydrogen-bond acceptors (Lipinski definition) is 3. The van der Waals surface area contributed by atoms with E-state index in [-0.39, 0.29) is 23.1 Å². The maximum absolute atomic E-state index is 12.9. The highest BCUT2D eigenvalue weighted by Crippen LogP contribution is 2.27. The molecule has 0 unspecified atom stereocenters. The van der Waals surface area contributed by atoms with Gasteiger partial charge in [-0.15, -0.1) is 0 Å². The van der Waals surface area contributed by atoms with E-state index in [9.17, 15) is 17.6 Å². The van der Waals surface area contributed by atoms with Crippen LogP contribution in [0.3, 0.4) is 0 Å². The smallest absolute Gasteiger partial charge is 0.268 e. The van der Waals surface area contributed by atoms with Gasteiger partial charge in [0.25, 0.3) is 5.91 Å². The van der Waals surface area contributed by atoms with Crippen LogP contribution in [0.4, 0.5) is 4.39 Å². The van der Waals surface area contributed by atoms with Crippen molar-refractivity contribution in [1.82, 2.24) is 9.88 Å². The van der Waals surface area contributed by atoms with E-state index >= 15 is 0 Å². The highest BCUT2D eigenvalue weighted by molar-refractivity contribution is 7.91. The second-order valence-corrected chi connectivity index (χ2v) is 8.77. The first-order valence-corrected chi connectivity index (χ1v) is 10.2. The lowest BCUT2D eigenvalue weighted by atomic mass is 10.1. The van der Waals surface area contributed by atoms with Gasteiger partial charge in [-0.2, -0.15) is 0 Å². The van der Waals surface area contributed by atoms with E-state index in [4.69, 9.17) is 11.6 Å². The fraction of sp³-hybridized carbons (Fsp3) is 0.211. The Morgan fingerprint density at radius 2 is 1.85 bits per heavy atom. The Morgan fingerprint density at radius 1 is 1.19 bits per heavy atom. The summed E-state index contributed by atoms with van der Waals surface area (Å²) in [5.74, 6) is -1.15. The largest absolute Gasteiger partial charge is 0.350 e. The number of nitrogens with one attached hydrogen (secondary N) is 1. The molecule has 27 heavy (non-hydrogen) atoms. The number of hydrogen-bond donors (Lipinski definition) is 1. The zero-order valence-electron chi connectivity index (χ0n) is 14.8. The molecule has 0 aliphatic heterocycles. The van der Waals surface area contributed by atoms with E-state index in [1.54, 1.807) is 23.7 Å². The summed E-state index contributed by atoms with van der Waals surface area (Å²) in [6.07, 6.45) is 0. The van der Waals surface area contributed by atoms with Gasteiger partial charge in [-0.25, -0.2) is 12.8 Å². The van der Waals surface area contributed by atoms with Crippen LogP contribution in [0.25, 0.3) is 10.9 Å². The van der Waals surface area contributed by atoms with E-state index < -0.39 is 15.7 Å². The van der Waals surface area contributed by atoms with Crippen molar-refractivity contribution < 1.29 is 17.6 Å². The molecule has 0 spiro atoms. The molecule has 0 bridgehead atoms. The lowest BCUT2D eigenvalue weighted by molar-refractivity contribution is 0.0948. The Morgan fingerprint density at radius 3 is 2.52 bits per heavy atom. The summed E-state index contributed by atoms with van der Waals surface area (Å²) in [6, 6.07) is 9.99. The number of fused-ring (bicyclic) bond motifs is 1. The minimum atomic E-state index is -3.61. The Hall–Kier alpha value is -2.38. The van der Waals surface area contributed by atoms with Gasteiger partial charge in [0.15, 0.2) is 9.84 Å².